The van der Waals surface area contributed by atoms with E-state index >= 15 is 0 Å². The van der Waals surface area contributed by atoms with Gasteiger partial charge in [0.25, 0.3) is 10.0 Å². The Bertz CT molecular complexity index is 761. The summed E-state index contributed by atoms with van der Waals surface area (Å²) in [7, 11) is -1.84. The van der Waals surface area contributed by atoms with E-state index in [1.807, 2.05) is 12.1 Å². The van der Waals surface area contributed by atoms with Crippen LogP contribution < -0.4 is 9.62 Å². The highest BCUT2D eigenvalue weighted by Crippen LogP contribution is 2.19. The highest BCUT2D eigenvalue weighted by atomic mass is 32.2. The predicted molar refractivity (Wildman–Crippen MR) is 103 cm³/mol. The van der Waals surface area contributed by atoms with Crippen molar-refractivity contribution >= 4 is 21.8 Å². The standard InChI is InChI=1S/C18H26N4O3S/c1-3-17(23)14-20-26(24,25)18(13-19)12-15-4-6-16(7-5-15)22-10-8-21(2)9-11-22/h4-7,12,17,20,23H,3,8-11,14H2,1-2H3/b18-12+. The summed E-state index contributed by atoms with van der Waals surface area (Å²) in [6.45, 7) is 5.56. The third kappa shape index (κ3) is 5.54. The molecule has 2 rings (SSSR count). The number of aliphatic hydroxyl groups is 1. The summed E-state index contributed by atoms with van der Waals surface area (Å²) in [5.74, 6) is 0. The van der Waals surface area contributed by atoms with Crippen molar-refractivity contribution < 1.29 is 13.5 Å². The van der Waals surface area contributed by atoms with E-state index in [9.17, 15) is 18.8 Å². The second-order valence-electron chi connectivity index (χ2n) is 6.42. The molecular formula is C18H26N4O3S. The van der Waals surface area contributed by atoms with E-state index in [0.29, 0.717) is 12.0 Å². The fraction of sp³-hybridized carbons (Fsp3) is 0.500. The number of anilines is 1. The summed E-state index contributed by atoms with van der Waals surface area (Å²) in [6.07, 6.45) is 1.00. The molecule has 1 saturated heterocycles. The van der Waals surface area contributed by atoms with Crippen LogP contribution in [0.4, 0.5) is 5.69 Å². The number of piperazine rings is 1. The van der Waals surface area contributed by atoms with Crippen LogP contribution >= 0.6 is 0 Å². The molecule has 1 aromatic carbocycles. The second-order valence-corrected chi connectivity index (χ2v) is 8.15. The van der Waals surface area contributed by atoms with E-state index in [-0.39, 0.29) is 11.4 Å². The molecule has 142 valence electrons. The van der Waals surface area contributed by atoms with Gasteiger partial charge in [-0.05, 0) is 37.2 Å². The molecule has 26 heavy (non-hydrogen) atoms. The highest BCUT2D eigenvalue weighted by Gasteiger charge is 2.19. The lowest BCUT2D eigenvalue weighted by atomic mass is 10.1. The monoisotopic (exact) mass is 378 g/mol. The molecule has 1 fully saturated rings. The van der Waals surface area contributed by atoms with Gasteiger partial charge in [-0.15, -0.1) is 0 Å². The predicted octanol–water partition coefficient (Wildman–Crippen LogP) is 0.993. The Balaban J connectivity index is 2.10. The normalized spacial score (nSPS) is 17.8. The Morgan fingerprint density at radius 2 is 1.92 bits per heavy atom. The maximum Gasteiger partial charge on any atom is 0.250 e. The van der Waals surface area contributed by atoms with Crippen LogP contribution in [0.2, 0.25) is 0 Å². The molecule has 0 spiro atoms. The number of nitrogens with one attached hydrogen (secondary N) is 1. The Hall–Kier alpha value is -1.92. The van der Waals surface area contributed by atoms with E-state index < -0.39 is 16.1 Å². The zero-order chi connectivity index (χ0) is 19.2. The fourth-order valence-corrected chi connectivity index (χ4v) is 3.57. The van der Waals surface area contributed by atoms with Gasteiger partial charge >= 0.3 is 0 Å². The van der Waals surface area contributed by atoms with Gasteiger partial charge in [0.2, 0.25) is 0 Å². The number of nitriles is 1. The minimum atomic E-state index is -3.94. The van der Waals surface area contributed by atoms with Crippen molar-refractivity contribution in [2.75, 3.05) is 44.7 Å². The number of hydrogen-bond acceptors (Lipinski definition) is 6. The number of likely N-dealkylation sites (N-methyl/N-ethyl adjacent to an activating group) is 1. The molecular weight excluding hydrogens is 352 g/mol. The molecule has 2 N–H and O–H groups in total. The Morgan fingerprint density at radius 1 is 1.31 bits per heavy atom. The molecule has 0 amide bonds. The molecule has 7 nitrogen and oxygen atoms in total. The second kappa shape index (κ2) is 9.14. The topological polar surface area (TPSA) is 96.7 Å². The SMILES string of the molecule is CCC(O)CNS(=O)(=O)/C(C#N)=C/c1ccc(N2CCN(C)CC2)cc1. The van der Waals surface area contributed by atoms with Gasteiger partial charge in [-0.3, -0.25) is 0 Å². The average Bonchev–Trinajstić information content (AvgIpc) is 2.65. The third-order valence-corrected chi connectivity index (χ3v) is 5.77. The van der Waals surface area contributed by atoms with Gasteiger partial charge in [0.1, 0.15) is 6.07 Å². The molecule has 0 bridgehead atoms. The molecule has 1 aromatic rings. The van der Waals surface area contributed by atoms with Crippen molar-refractivity contribution in [2.45, 2.75) is 19.4 Å². The smallest absolute Gasteiger partial charge is 0.250 e. The van der Waals surface area contributed by atoms with Crippen LogP contribution in [0.1, 0.15) is 18.9 Å². The number of sulfonamides is 1. The summed E-state index contributed by atoms with van der Waals surface area (Å²) in [6, 6.07) is 9.22. The van der Waals surface area contributed by atoms with Gasteiger partial charge in [0, 0.05) is 38.4 Å². The van der Waals surface area contributed by atoms with Gasteiger partial charge in [-0.25, -0.2) is 13.1 Å². The summed E-state index contributed by atoms with van der Waals surface area (Å²) < 4.78 is 26.7. The summed E-state index contributed by atoms with van der Waals surface area (Å²) in [5.41, 5.74) is 1.72. The molecule has 1 aliphatic heterocycles. The van der Waals surface area contributed by atoms with Crippen molar-refractivity contribution in [1.29, 1.82) is 5.26 Å². The maximum atomic E-state index is 12.2. The van der Waals surface area contributed by atoms with Crippen LogP contribution in [0.15, 0.2) is 29.2 Å². The van der Waals surface area contributed by atoms with Crippen molar-refractivity contribution in [3.05, 3.63) is 34.7 Å². The zero-order valence-corrected chi connectivity index (χ0v) is 16.0. The van der Waals surface area contributed by atoms with Crippen LogP contribution in [-0.2, 0) is 10.0 Å². The number of rotatable bonds is 7. The minimum Gasteiger partial charge on any atom is -0.392 e. The van der Waals surface area contributed by atoms with Gasteiger partial charge in [0.15, 0.2) is 4.91 Å². The Labute approximate surface area is 155 Å². The lowest BCUT2D eigenvalue weighted by Crippen LogP contribution is -2.44. The lowest BCUT2D eigenvalue weighted by molar-refractivity contribution is 0.174. The van der Waals surface area contributed by atoms with E-state index in [1.54, 1.807) is 25.1 Å². The first-order chi connectivity index (χ1) is 12.4. The summed E-state index contributed by atoms with van der Waals surface area (Å²) in [5, 5.41) is 18.7. The van der Waals surface area contributed by atoms with Crippen LogP contribution in [0.3, 0.4) is 0 Å². The third-order valence-electron chi connectivity index (χ3n) is 4.44. The lowest BCUT2D eigenvalue weighted by Gasteiger charge is -2.34. The fourth-order valence-electron chi connectivity index (χ4n) is 2.60. The molecule has 1 unspecified atom stereocenters. The van der Waals surface area contributed by atoms with Gasteiger partial charge in [-0.1, -0.05) is 19.1 Å². The Kier molecular flexibility index (Phi) is 7.17. The van der Waals surface area contributed by atoms with E-state index in [2.05, 4.69) is 21.6 Å². The molecule has 8 heteroatoms. The van der Waals surface area contributed by atoms with Gasteiger partial charge in [-0.2, -0.15) is 5.26 Å². The highest BCUT2D eigenvalue weighted by molar-refractivity contribution is 7.93. The van der Waals surface area contributed by atoms with E-state index in [4.69, 9.17) is 0 Å². The molecule has 1 atom stereocenters. The van der Waals surface area contributed by atoms with Crippen molar-refractivity contribution in [2.24, 2.45) is 0 Å². The van der Waals surface area contributed by atoms with Crippen LogP contribution in [-0.4, -0.2) is 64.3 Å². The Morgan fingerprint density at radius 3 is 2.46 bits per heavy atom. The average molecular weight is 378 g/mol. The number of benzene rings is 1. The first-order valence-corrected chi connectivity index (χ1v) is 10.2. The van der Waals surface area contributed by atoms with Crippen molar-refractivity contribution in [3.63, 3.8) is 0 Å². The molecule has 0 aliphatic carbocycles. The van der Waals surface area contributed by atoms with E-state index in [0.717, 1.165) is 31.9 Å². The van der Waals surface area contributed by atoms with Crippen LogP contribution in [0, 0.1) is 11.3 Å². The first kappa shape index (κ1) is 20.4. The van der Waals surface area contributed by atoms with Crippen molar-refractivity contribution in [3.8, 4) is 6.07 Å². The molecule has 1 heterocycles. The number of allylic oxidation sites excluding steroid dienone is 1. The number of hydrogen-bond donors (Lipinski definition) is 2. The molecule has 0 radical (unpaired) electrons. The first-order valence-electron chi connectivity index (χ1n) is 8.68. The minimum absolute atomic E-state index is 0.111. The quantitative estimate of drug-likeness (QED) is 0.687. The van der Waals surface area contributed by atoms with Gasteiger partial charge in [0.05, 0.1) is 6.10 Å². The van der Waals surface area contributed by atoms with Crippen LogP contribution in [0.25, 0.3) is 6.08 Å². The van der Waals surface area contributed by atoms with Crippen LogP contribution in [0.5, 0.6) is 0 Å². The van der Waals surface area contributed by atoms with Crippen molar-refractivity contribution in [1.82, 2.24) is 9.62 Å². The number of aliphatic hydroxyl groups excluding tert-OH is 1. The summed E-state index contributed by atoms with van der Waals surface area (Å²) >= 11 is 0. The number of nitrogens with zero attached hydrogens (tertiary/aromatic N) is 3. The largest absolute Gasteiger partial charge is 0.392 e. The molecule has 1 aliphatic rings. The maximum absolute atomic E-state index is 12.2. The molecule has 0 saturated carbocycles. The summed E-state index contributed by atoms with van der Waals surface area (Å²) in [4.78, 5) is 4.19. The molecule has 0 aromatic heterocycles. The van der Waals surface area contributed by atoms with E-state index in [1.165, 1.54) is 6.08 Å². The van der Waals surface area contributed by atoms with Gasteiger partial charge < -0.3 is 14.9 Å². The zero-order valence-electron chi connectivity index (χ0n) is 15.2.